The maximum atomic E-state index is 6.00. The summed E-state index contributed by atoms with van der Waals surface area (Å²) >= 11 is 11.8. The van der Waals surface area contributed by atoms with Gasteiger partial charge in [0.25, 0.3) is 0 Å². The Hall–Kier alpha value is -0.380. The van der Waals surface area contributed by atoms with Crippen LogP contribution in [0.5, 0.6) is 0 Å². The van der Waals surface area contributed by atoms with Crippen LogP contribution in [0.4, 0.5) is 0 Å². The van der Waals surface area contributed by atoms with Crippen LogP contribution < -0.4 is 5.32 Å². The highest BCUT2D eigenvalue weighted by Gasteiger charge is 2.23. The van der Waals surface area contributed by atoms with Crippen molar-refractivity contribution in [2.24, 2.45) is 0 Å². The molecule has 0 aromatic rings. The smallest absolute Gasteiger partial charge is 0.191 e. The highest BCUT2D eigenvalue weighted by Crippen LogP contribution is 2.22. The topological polar surface area (TPSA) is 24.5 Å². The van der Waals surface area contributed by atoms with Gasteiger partial charge in [0.15, 0.2) is 5.88 Å². The number of ether oxygens (including phenoxy) is 1. The van der Waals surface area contributed by atoms with Gasteiger partial charge in [-0.3, -0.25) is 4.90 Å². The van der Waals surface area contributed by atoms with E-state index in [0.717, 1.165) is 36.0 Å². The summed E-state index contributed by atoms with van der Waals surface area (Å²) in [7, 11) is 2.08. The van der Waals surface area contributed by atoms with Crippen molar-refractivity contribution in [2.45, 2.75) is 12.5 Å². The van der Waals surface area contributed by atoms with E-state index < -0.39 is 0 Å². The van der Waals surface area contributed by atoms with E-state index in [9.17, 15) is 0 Å². The molecule has 0 fully saturated rings. The first-order valence-electron chi connectivity index (χ1n) is 5.43. The molecule has 0 spiro atoms. The quantitative estimate of drug-likeness (QED) is 0.770. The van der Waals surface area contributed by atoms with Crippen molar-refractivity contribution in [3.8, 4) is 0 Å². The van der Waals surface area contributed by atoms with Crippen LogP contribution in [-0.2, 0) is 4.74 Å². The molecule has 90 valence electrons. The number of likely N-dealkylation sites (N-methyl/N-ethyl adjacent to an activating group) is 1. The van der Waals surface area contributed by atoms with E-state index in [0.29, 0.717) is 12.4 Å². The highest BCUT2D eigenvalue weighted by atomic mass is 35.5. The van der Waals surface area contributed by atoms with Gasteiger partial charge in [0.1, 0.15) is 6.10 Å². The van der Waals surface area contributed by atoms with Crippen LogP contribution in [0.3, 0.4) is 0 Å². The first-order chi connectivity index (χ1) is 7.69. The zero-order chi connectivity index (χ0) is 11.5. The summed E-state index contributed by atoms with van der Waals surface area (Å²) in [5.41, 5.74) is 1.12. The fraction of sp³-hybridized carbons (Fsp3) is 0.636. The fourth-order valence-corrected chi connectivity index (χ4v) is 2.44. The van der Waals surface area contributed by atoms with Crippen LogP contribution in [-0.4, -0.2) is 43.6 Å². The van der Waals surface area contributed by atoms with Gasteiger partial charge in [0, 0.05) is 29.6 Å². The molecule has 0 aliphatic carbocycles. The molecular formula is C11H16Cl2N2O. The summed E-state index contributed by atoms with van der Waals surface area (Å²) in [5.74, 6) is 1.49. The van der Waals surface area contributed by atoms with Crippen LogP contribution >= 0.6 is 23.2 Å². The summed E-state index contributed by atoms with van der Waals surface area (Å²) in [6, 6.07) is 0. The van der Waals surface area contributed by atoms with Gasteiger partial charge in [-0.25, -0.2) is 0 Å². The predicted octanol–water partition coefficient (Wildman–Crippen LogP) is 1.88. The van der Waals surface area contributed by atoms with Crippen LogP contribution in [0.25, 0.3) is 0 Å². The van der Waals surface area contributed by atoms with Crippen LogP contribution in [0.1, 0.15) is 6.42 Å². The molecule has 0 aromatic carbocycles. The second kappa shape index (κ2) is 5.30. The minimum atomic E-state index is 0.160. The maximum absolute atomic E-state index is 6.00. The standard InChI is InChI=1S/C11H16Cl2N2O/c1-15-6-8-4-9(13)5-14-11(8)16-10(7-15)2-3-12/h4,10,14H,2-3,5-7H2,1H3. The van der Waals surface area contributed by atoms with Gasteiger partial charge in [-0.2, -0.15) is 0 Å². The Balaban J connectivity index is 2.15. The third kappa shape index (κ3) is 2.84. The summed E-state index contributed by atoms with van der Waals surface area (Å²) in [6.07, 6.45) is 3.02. The highest BCUT2D eigenvalue weighted by molar-refractivity contribution is 6.30. The van der Waals surface area contributed by atoms with E-state index in [4.69, 9.17) is 27.9 Å². The van der Waals surface area contributed by atoms with Gasteiger partial charge in [-0.15, -0.1) is 11.6 Å². The molecule has 1 N–H and O–H groups in total. The molecule has 0 saturated heterocycles. The van der Waals surface area contributed by atoms with Gasteiger partial charge in [-0.1, -0.05) is 11.6 Å². The Kier molecular flexibility index (Phi) is 4.00. The molecule has 3 nitrogen and oxygen atoms in total. The molecule has 0 bridgehead atoms. The van der Waals surface area contributed by atoms with Gasteiger partial charge >= 0.3 is 0 Å². The van der Waals surface area contributed by atoms with Crippen LogP contribution in [0, 0.1) is 0 Å². The monoisotopic (exact) mass is 262 g/mol. The summed E-state index contributed by atoms with van der Waals surface area (Å²) in [5, 5.41) is 4.03. The second-order valence-electron chi connectivity index (χ2n) is 4.21. The molecule has 0 amide bonds. The average Bonchev–Trinajstić information content (AvgIpc) is 2.36. The minimum absolute atomic E-state index is 0.160. The van der Waals surface area contributed by atoms with Crippen molar-refractivity contribution in [2.75, 3.05) is 32.6 Å². The normalized spacial score (nSPS) is 26.4. The Morgan fingerprint density at radius 1 is 1.62 bits per heavy atom. The number of hydrogen-bond donors (Lipinski definition) is 1. The molecule has 2 aliphatic heterocycles. The molecule has 2 heterocycles. The molecule has 1 unspecified atom stereocenters. The number of alkyl halides is 1. The molecule has 5 heteroatoms. The molecule has 16 heavy (non-hydrogen) atoms. The lowest BCUT2D eigenvalue weighted by molar-refractivity contribution is 0.0843. The number of hydrogen-bond acceptors (Lipinski definition) is 3. The number of dihydropyridines is 1. The lowest BCUT2D eigenvalue weighted by Gasteiger charge is -2.22. The van der Waals surface area contributed by atoms with Crippen molar-refractivity contribution in [3.63, 3.8) is 0 Å². The average molecular weight is 263 g/mol. The van der Waals surface area contributed by atoms with Gasteiger partial charge in [0.2, 0.25) is 0 Å². The van der Waals surface area contributed by atoms with E-state index in [1.165, 1.54) is 0 Å². The third-order valence-corrected chi connectivity index (χ3v) is 3.17. The molecule has 2 rings (SSSR count). The Morgan fingerprint density at radius 3 is 3.19 bits per heavy atom. The van der Waals surface area contributed by atoms with Gasteiger partial charge in [-0.05, 0) is 19.5 Å². The second-order valence-corrected chi connectivity index (χ2v) is 5.08. The predicted molar refractivity (Wildman–Crippen MR) is 66.7 cm³/mol. The first-order valence-corrected chi connectivity index (χ1v) is 6.34. The molecule has 2 aliphatic rings. The molecule has 0 radical (unpaired) electrons. The van der Waals surface area contributed by atoms with Crippen molar-refractivity contribution in [1.29, 1.82) is 0 Å². The molecule has 0 aromatic heterocycles. The Bertz CT molecular complexity index is 328. The number of rotatable bonds is 2. The Labute approximate surface area is 106 Å². The number of nitrogens with zero attached hydrogens (tertiary/aromatic N) is 1. The largest absolute Gasteiger partial charge is 0.474 e. The lowest BCUT2D eigenvalue weighted by atomic mass is 10.2. The van der Waals surface area contributed by atoms with Crippen molar-refractivity contribution >= 4 is 23.2 Å². The summed E-state index contributed by atoms with van der Waals surface area (Å²) < 4.78 is 5.91. The van der Waals surface area contributed by atoms with Crippen LogP contribution in [0.15, 0.2) is 22.6 Å². The Morgan fingerprint density at radius 2 is 2.44 bits per heavy atom. The van der Waals surface area contributed by atoms with E-state index in [1.807, 2.05) is 6.08 Å². The number of halogens is 2. The van der Waals surface area contributed by atoms with Crippen molar-refractivity contribution in [1.82, 2.24) is 10.2 Å². The zero-order valence-corrected chi connectivity index (χ0v) is 10.8. The molecular weight excluding hydrogens is 247 g/mol. The van der Waals surface area contributed by atoms with E-state index in [2.05, 4.69) is 17.3 Å². The SMILES string of the molecule is CN1CC2=C(NCC(Cl)=C2)OC(CCCl)C1. The van der Waals surface area contributed by atoms with Crippen molar-refractivity contribution < 1.29 is 4.74 Å². The maximum Gasteiger partial charge on any atom is 0.191 e. The third-order valence-electron chi connectivity index (χ3n) is 2.71. The molecule has 0 saturated carbocycles. The zero-order valence-electron chi connectivity index (χ0n) is 9.30. The van der Waals surface area contributed by atoms with Crippen molar-refractivity contribution in [3.05, 3.63) is 22.6 Å². The fourth-order valence-electron chi connectivity index (χ4n) is 2.00. The van der Waals surface area contributed by atoms with E-state index in [1.54, 1.807) is 0 Å². The van der Waals surface area contributed by atoms with Gasteiger partial charge < -0.3 is 10.1 Å². The van der Waals surface area contributed by atoms with Gasteiger partial charge in [0.05, 0.1) is 6.54 Å². The molecule has 1 atom stereocenters. The van der Waals surface area contributed by atoms with Crippen LogP contribution in [0.2, 0.25) is 0 Å². The minimum Gasteiger partial charge on any atom is -0.474 e. The summed E-state index contributed by atoms with van der Waals surface area (Å²) in [4.78, 5) is 2.23. The lowest BCUT2D eigenvalue weighted by Crippen LogP contribution is -2.30. The van der Waals surface area contributed by atoms with E-state index in [-0.39, 0.29) is 6.10 Å². The number of nitrogens with one attached hydrogen (secondary N) is 1. The van der Waals surface area contributed by atoms with E-state index >= 15 is 0 Å². The first kappa shape index (κ1) is 12.1. The summed E-state index contributed by atoms with van der Waals surface area (Å²) in [6.45, 7) is 2.40.